The van der Waals surface area contributed by atoms with E-state index in [4.69, 9.17) is 5.26 Å². The van der Waals surface area contributed by atoms with Gasteiger partial charge in [-0.3, -0.25) is 14.7 Å². The maximum Gasteiger partial charge on any atom is 0.244 e. The molecule has 1 amide bonds. The van der Waals surface area contributed by atoms with Crippen LogP contribution in [0.4, 0.5) is 5.69 Å². The number of carbonyl (C=O) groups excluding carboxylic acids is 1. The Morgan fingerprint density at radius 1 is 1.10 bits per heavy atom. The van der Waals surface area contributed by atoms with Gasteiger partial charge in [0.05, 0.1) is 19.0 Å². The largest absolute Gasteiger partial charge is 0.310 e. The number of nitrogens with zero attached hydrogens (tertiary/aromatic N) is 5. The number of amides is 1. The smallest absolute Gasteiger partial charge is 0.244 e. The molecule has 1 aromatic carbocycles. The van der Waals surface area contributed by atoms with Crippen LogP contribution in [0.15, 0.2) is 59.8 Å². The number of aromatic nitrogens is 1. The number of benzene rings is 1. The van der Waals surface area contributed by atoms with Crippen molar-refractivity contribution in [2.75, 3.05) is 44.2 Å². The summed E-state index contributed by atoms with van der Waals surface area (Å²) in [5.74, 6) is -0.102. The number of carbonyl (C=O) groups is 1. The summed E-state index contributed by atoms with van der Waals surface area (Å²) in [4.78, 5) is 20.5. The molecule has 0 radical (unpaired) electrons. The van der Waals surface area contributed by atoms with Crippen molar-refractivity contribution in [1.29, 1.82) is 5.26 Å². The fraction of sp³-hybridized carbons (Fsp3) is 0.350. The van der Waals surface area contributed by atoms with Gasteiger partial charge in [-0.1, -0.05) is 18.2 Å². The van der Waals surface area contributed by atoms with E-state index in [1.165, 1.54) is 22.8 Å². The summed E-state index contributed by atoms with van der Waals surface area (Å²) >= 11 is 0. The first-order valence-electron chi connectivity index (χ1n) is 9.37. The van der Waals surface area contributed by atoms with Crippen LogP contribution in [-0.4, -0.2) is 67.8 Å². The first-order valence-corrected chi connectivity index (χ1v) is 10.8. The molecule has 0 spiro atoms. The Labute approximate surface area is 171 Å². The highest BCUT2D eigenvalue weighted by Gasteiger charge is 2.30. The zero-order valence-corrected chi connectivity index (χ0v) is 16.8. The normalized spacial score (nSPS) is 15.6. The van der Waals surface area contributed by atoms with E-state index < -0.39 is 10.0 Å². The van der Waals surface area contributed by atoms with E-state index in [0.717, 1.165) is 5.69 Å². The van der Waals surface area contributed by atoms with Crippen molar-refractivity contribution in [2.45, 2.75) is 11.3 Å². The van der Waals surface area contributed by atoms with E-state index >= 15 is 0 Å². The molecule has 2 heterocycles. The van der Waals surface area contributed by atoms with Gasteiger partial charge in [-0.05, 0) is 24.3 Å². The fourth-order valence-corrected chi connectivity index (χ4v) is 4.61. The highest BCUT2D eigenvalue weighted by molar-refractivity contribution is 7.89. The molecule has 8 nitrogen and oxygen atoms in total. The van der Waals surface area contributed by atoms with Gasteiger partial charge >= 0.3 is 0 Å². The maximum atomic E-state index is 12.9. The molecule has 0 bridgehead atoms. The van der Waals surface area contributed by atoms with Gasteiger partial charge in [0.2, 0.25) is 15.9 Å². The minimum absolute atomic E-state index is 0.102. The minimum Gasteiger partial charge on any atom is -0.310 e. The average molecular weight is 414 g/mol. The van der Waals surface area contributed by atoms with Crippen molar-refractivity contribution >= 4 is 21.6 Å². The number of rotatable bonds is 7. The summed E-state index contributed by atoms with van der Waals surface area (Å²) in [5.41, 5.74) is 0.755. The Balaban J connectivity index is 1.61. The molecule has 0 unspecified atom stereocenters. The number of piperazine rings is 1. The topological polar surface area (TPSA) is 97.6 Å². The Morgan fingerprint density at radius 3 is 2.45 bits per heavy atom. The van der Waals surface area contributed by atoms with Gasteiger partial charge in [0.15, 0.2) is 0 Å². The molecule has 2 aromatic rings. The van der Waals surface area contributed by atoms with Crippen LogP contribution in [0, 0.1) is 11.3 Å². The lowest BCUT2D eigenvalue weighted by molar-refractivity contribution is -0.120. The van der Waals surface area contributed by atoms with Crippen LogP contribution in [-0.2, 0) is 14.8 Å². The molecule has 1 aliphatic rings. The second kappa shape index (κ2) is 9.60. The Bertz CT molecular complexity index is 953. The third-order valence-electron chi connectivity index (χ3n) is 4.78. The Morgan fingerprint density at radius 2 is 1.83 bits per heavy atom. The van der Waals surface area contributed by atoms with Gasteiger partial charge in [-0.15, -0.1) is 0 Å². The lowest BCUT2D eigenvalue weighted by Crippen LogP contribution is -2.51. The molecular formula is C20H23N5O3S. The summed E-state index contributed by atoms with van der Waals surface area (Å²) in [6.07, 6.45) is 3.13. The standard InChI is InChI=1S/C20H23N5O3S/c21-9-5-11-25(18-6-2-1-3-7-18)20(26)17-23-12-14-24(15-13-23)29(27,28)19-8-4-10-22-16-19/h1-4,6-8,10,16H,5,11-15,17H2. The Hall–Kier alpha value is -2.80. The lowest BCUT2D eigenvalue weighted by atomic mass is 10.2. The molecule has 1 saturated heterocycles. The highest BCUT2D eigenvalue weighted by atomic mass is 32.2. The molecule has 1 aliphatic heterocycles. The van der Waals surface area contributed by atoms with Gasteiger partial charge in [0.25, 0.3) is 0 Å². The predicted molar refractivity (Wildman–Crippen MR) is 108 cm³/mol. The lowest BCUT2D eigenvalue weighted by Gasteiger charge is -2.34. The molecule has 0 N–H and O–H groups in total. The average Bonchev–Trinajstić information content (AvgIpc) is 2.76. The third-order valence-corrected chi connectivity index (χ3v) is 6.66. The van der Waals surface area contributed by atoms with E-state index in [9.17, 15) is 13.2 Å². The zero-order chi connectivity index (χ0) is 20.7. The van der Waals surface area contributed by atoms with Crippen LogP contribution >= 0.6 is 0 Å². The number of sulfonamides is 1. The van der Waals surface area contributed by atoms with E-state index in [1.807, 2.05) is 35.2 Å². The molecule has 152 valence electrons. The summed E-state index contributed by atoms with van der Waals surface area (Å²) in [6.45, 7) is 2.07. The van der Waals surface area contributed by atoms with Crippen LogP contribution in [0.2, 0.25) is 0 Å². The van der Waals surface area contributed by atoms with Gasteiger partial charge in [0, 0.05) is 50.8 Å². The first kappa shape index (κ1) is 20.9. The zero-order valence-electron chi connectivity index (χ0n) is 16.0. The molecule has 0 atom stereocenters. The molecule has 29 heavy (non-hydrogen) atoms. The summed E-state index contributed by atoms with van der Waals surface area (Å²) in [5, 5.41) is 8.90. The van der Waals surface area contributed by atoms with Crippen LogP contribution in [0.1, 0.15) is 6.42 Å². The molecular weight excluding hydrogens is 390 g/mol. The van der Waals surface area contributed by atoms with Crippen molar-refractivity contribution in [3.63, 3.8) is 0 Å². The second-order valence-corrected chi connectivity index (χ2v) is 8.60. The van der Waals surface area contributed by atoms with Crippen molar-refractivity contribution in [3.8, 4) is 6.07 Å². The monoisotopic (exact) mass is 413 g/mol. The summed E-state index contributed by atoms with van der Waals surface area (Å²) < 4.78 is 26.8. The number of hydrogen-bond donors (Lipinski definition) is 0. The highest BCUT2D eigenvalue weighted by Crippen LogP contribution is 2.18. The molecule has 1 aromatic heterocycles. The quantitative estimate of drug-likeness (QED) is 0.679. The Kier molecular flexibility index (Phi) is 6.93. The van der Waals surface area contributed by atoms with Crippen molar-refractivity contribution in [1.82, 2.24) is 14.2 Å². The number of hydrogen-bond acceptors (Lipinski definition) is 6. The number of nitriles is 1. The van der Waals surface area contributed by atoms with Crippen LogP contribution < -0.4 is 4.90 Å². The van der Waals surface area contributed by atoms with Gasteiger partial charge in [0.1, 0.15) is 4.90 Å². The van der Waals surface area contributed by atoms with Crippen LogP contribution in [0.25, 0.3) is 0 Å². The third kappa shape index (κ3) is 5.17. The first-order chi connectivity index (χ1) is 14.0. The van der Waals surface area contributed by atoms with E-state index in [-0.39, 0.29) is 23.8 Å². The van der Waals surface area contributed by atoms with E-state index in [1.54, 1.807) is 11.0 Å². The predicted octanol–water partition coefficient (Wildman–Crippen LogP) is 1.33. The van der Waals surface area contributed by atoms with Crippen molar-refractivity contribution < 1.29 is 13.2 Å². The molecule has 3 rings (SSSR count). The van der Waals surface area contributed by atoms with E-state index in [0.29, 0.717) is 32.7 Å². The van der Waals surface area contributed by atoms with Crippen LogP contribution in [0.3, 0.4) is 0 Å². The molecule has 0 aliphatic carbocycles. The second-order valence-electron chi connectivity index (χ2n) is 6.66. The molecule has 9 heteroatoms. The van der Waals surface area contributed by atoms with Crippen LogP contribution in [0.5, 0.6) is 0 Å². The van der Waals surface area contributed by atoms with Gasteiger partial charge < -0.3 is 4.90 Å². The minimum atomic E-state index is -3.57. The van der Waals surface area contributed by atoms with Gasteiger partial charge in [-0.25, -0.2) is 8.42 Å². The number of anilines is 1. The maximum absolute atomic E-state index is 12.9. The summed E-state index contributed by atoms with van der Waals surface area (Å²) in [7, 11) is -3.57. The number of para-hydroxylation sites is 1. The molecule has 1 fully saturated rings. The fourth-order valence-electron chi connectivity index (χ4n) is 3.22. The molecule has 0 saturated carbocycles. The number of pyridine rings is 1. The van der Waals surface area contributed by atoms with Crippen molar-refractivity contribution in [2.24, 2.45) is 0 Å². The van der Waals surface area contributed by atoms with Crippen molar-refractivity contribution in [3.05, 3.63) is 54.9 Å². The van der Waals surface area contributed by atoms with E-state index in [2.05, 4.69) is 11.1 Å². The SMILES string of the molecule is N#CCCN(C(=O)CN1CCN(S(=O)(=O)c2cccnc2)CC1)c1ccccc1. The van der Waals surface area contributed by atoms with Gasteiger partial charge in [-0.2, -0.15) is 9.57 Å². The summed E-state index contributed by atoms with van der Waals surface area (Å²) in [6, 6.07) is 14.5.